The molecule has 0 bridgehead atoms. The van der Waals surface area contributed by atoms with Gasteiger partial charge in [-0.3, -0.25) is 0 Å². The van der Waals surface area contributed by atoms with Crippen molar-refractivity contribution in [3.63, 3.8) is 0 Å². The highest BCUT2D eigenvalue weighted by molar-refractivity contribution is 7.99. The number of hydrogen-bond acceptors (Lipinski definition) is 0. The zero-order valence-electron chi connectivity index (χ0n) is 12.7. The first-order chi connectivity index (χ1) is 10.3. The van der Waals surface area contributed by atoms with Crippen molar-refractivity contribution in [3.8, 4) is 0 Å². The molecule has 0 saturated heterocycles. The maximum atomic E-state index is 6.71. The maximum Gasteiger partial charge on any atom is 0.331 e. The highest BCUT2D eigenvalue weighted by atomic mass is 35.8. The predicted molar refractivity (Wildman–Crippen MR) is 109 cm³/mol. The number of rotatable bonds is 5. The Morgan fingerprint density at radius 3 is 1.82 bits per heavy atom. The van der Waals surface area contributed by atoms with Crippen LogP contribution in [0.3, 0.4) is 0 Å². The molecule has 6 heteroatoms. The molecule has 0 nitrogen and oxygen atoms in total. The molecule has 0 aromatic heterocycles. The summed E-state index contributed by atoms with van der Waals surface area (Å²) in [6, 6.07) is 21.0. The molecule has 0 aliphatic rings. The summed E-state index contributed by atoms with van der Waals surface area (Å²) in [6.45, 7) is 4.21. The van der Waals surface area contributed by atoms with Gasteiger partial charge in [-0.1, -0.05) is 82.3 Å². The average Bonchev–Trinajstić information content (AvgIpc) is 2.47. The molecular weight excluding hydrogens is 383 g/mol. The largest absolute Gasteiger partial charge is 0.331 e. The highest BCUT2D eigenvalue weighted by Gasteiger charge is 2.53. The molecule has 0 radical (unpaired) electrons. The second-order valence-corrected chi connectivity index (χ2v) is 31.8. The second kappa shape index (κ2) is 7.51. The van der Waals surface area contributed by atoms with Crippen LogP contribution >= 0.6 is 33.2 Å². The van der Waals surface area contributed by atoms with Gasteiger partial charge in [0.15, 0.2) is 0 Å². The van der Waals surface area contributed by atoms with Crippen LogP contribution in [0.15, 0.2) is 71.9 Å². The Morgan fingerprint density at radius 2 is 1.36 bits per heavy atom. The van der Waals surface area contributed by atoms with E-state index < -0.39 is 21.7 Å². The molecule has 0 spiro atoms. The zero-order valence-corrected chi connectivity index (χ0v) is 18.4. The number of allylic oxidation sites excluding steroid dienone is 1. The third kappa shape index (κ3) is 4.16. The van der Waals surface area contributed by atoms with E-state index in [2.05, 4.69) is 68.1 Å². The van der Waals surface area contributed by atoms with Crippen LogP contribution in [-0.4, -0.2) is 21.7 Å². The third-order valence-electron chi connectivity index (χ3n) is 3.66. The molecule has 2 aromatic carbocycles. The molecule has 2 aromatic rings. The van der Waals surface area contributed by atoms with Crippen LogP contribution in [0, 0.1) is 0 Å². The van der Waals surface area contributed by atoms with Crippen molar-refractivity contribution < 1.29 is 0 Å². The summed E-state index contributed by atoms with van der Waals surface area (Å²) in [7, 11) is -2.99. The van der Waals surface area contributed by atoms with E-state index in [1.807, 2.05) is 12.1 Å². The van der Waals surface area contributed by atoms with E-state index in [1.165, 1.54) is 15.9 Å². The van der Waals surface area contributed by atoms with E-state index in [-0.39, 0.29) is 0 Å². The van der Waals surface area contributed by atoms with Crippen molar-refractivity contribution in [3.05, 3.63) is 71.9 Å². The fraction of sp³-hybridized carbons (Fsp3) is 0.125. The molecule has 1 unspecified atom stereocenters. The van der Waals surface area contributed by atoms with Gasteiger partial charge in [-0.05, 0) is 13.8 Å². The molecule has 0 saturated carbocycles. The number of benzene rings is 2. The van der Waals surface area contributed by atoms with Crippen LogP contribution in [0.4, 0.5) is 0 Å². The maximum absolute atomic E-state index is 6.71. The molecule has 2 rings (SSSR count). The van der Waals surface area contributed by atoms with Crippen molar-refractivity contribution in [1.29, 1.82) is 0 Å². The summed E-state index contributed by atoms with van der Waals surface area (Å²) in [5, 5.41) is 2.63. The molecule has 116 valence electrons. The Bertz CT molecular complexity index is 635. The summed E-state index contributed by atoms with van der Waals surface area (Å²) >= 11 is 20.1. The molecule has 22 heavy (non-hydrogen) atoms. The number of halogens is 3. The van der Waals surface area contributed by atoms with E-state index >= 15 is 0 Å². The van der Waals surface area contributed by atoms with Gasteiger partial charge >= 0.3 is 5.52 Å². The van der Waals surface area contributed by atoms with Crippen molar-refractivity contribution in [1.82, 2.24) is 0 Å². The fourth-order valence-electron chi connectivity index (χ4n) is 2.73. The van der Waals surface area contributed by atoms with Gasteiger partial charge in [-0.25, -0.2) is 0 Å². The van der Waals surface area contributed by atoms with E-state index in [0.29, 0.717) is 0 Å². The summed E-state index contributed by atoms with van der Waals surface area (Å²) < 4.78 is 0. The molecule has 1 atom stereocenters. The van der Waals surface area contributed by atoms with E-state index in [9.17, 15) is 0 Å². The van der Waals surface area contributed by atoms with E-state index in [4.69, 9.17) is 33.2 Å². The molecule has 0 aliphatic heterocycles. The van der Waals surface area contributed by atoms with Crippen molar-refractivity contribution in [2.75, 3.05) is 0 Å². The van der Waals surface area contributed by atoms with Gasteiger partial charge < -0.3 is 0 Å². The Balaban J connectivity index is 2.63. The number of hydrogen-bond donors (Lipinski definition) is 0. The summed E-state index contributed by atoms with van der Waals surface area (Å²) in [5.74, 6) is 0. The molecule has 0 amide bonds. The summed E-state index contributed by atoms with van der Waals surface area (Å²) in [4.78, 5) is 0. The van der Waals surface area contributed by atoms with Crippen LogP contribution in [0.25, 0.3) is 0 Å². The van der Waals surface area contributed by atoms with Gasteiger partial charge in [-0.2, -0.15) is 0 Å². The normalized spacial score (nSPS) is 14.8. The first kappa shape index (κ1) is 18.0. The highest BCUT2D eigenvalue weighted by Crippen LogP contribution is 2.32. The Labute approximate surface area is 150 Å². The van der Waals surface area contributed by atoms with Crippen molar-refractivity contribution >= 4 is 65.3 Å². The minimum Gasteiger partial charge on any atom is -0.129 e. The second-order valence-electron chi connectivity index (χ2n) is 5.72. The van der Waals surface area contributed by atoms with Gasteiger partial charge in [-0.15, -0.1) is 33.2 Å². The minimum absolute atomic E-state index is 0.721. The lowest BCUT2D eigenvalue weighted by Gasteiger charge is -2.34. The van der Waals surface area contributed by atoms with E-state index in [0.717, 1.165) is 0 Å². The predicted octanol–water partition coefficient (Wildman–Crippen LogP) is 3.57. The average molecular weight is 402 g/mol. The van der Waals surface area contributed by atoms with Gasteiger partial charge in [0.2, 0.25) is 0 Å². The first-order valence-electron chi connectivity index (χ1n) is 7.17. The van der Waals surface area contributed by atoms with Crippen LogP contribution in [0.1, 0.15) is 13.8 Å². The molecule has 0 fully saturated rings. The van der Waals surface area contributed by atoms with Gasteiger partial charge in [0.1, 0.15) is 7.11 Å². The molecule has 0 heterocycles. The lowest BCUT2D eigenvalue weighted by Crippen LogP contribution is -2.68. The monoisotopic (exact) mass is 400 g/mol. The first-order valence-corrected chi connectivity index (χ1v) is 18.3. The quantitative estimate of drug-likeness (QED) is 0.530. The molecular formula is C16H19Cl3Si3. The van der Waals surface area contributed by atoms with Crippen LogP contribution in [0.5, 0.6) is 0 Å². The lowest BCUT2D eigenvalue weighted by atomic mass is 10.4. The zero-order chi connectivity index (χ0) is 16.2. The lowest BCUT2D eigenvalue weighted by molar-refractivity contribution is 1.41. The Morgan fingerprint density at radius 1 is 0.864 bits per heavy atom. The molecule has 0 aliphatic carbocycles. The standard InChI is InChI=1S/C16H19Cl3Si3/c1-14(2)13-21(22(17,18)19,16-11-7-4-8-12-16)20-15-9-5-3-6-10-15/h3-13H,20H2,1-2H3. The van der Waals surface area contributed by atoms with Crippen LogP contribution in [0.2, 0.25) is 0 Å². The summed E-state index contributed by atoms with van der Waals surface area (Å²) in [6.07, 6.45) is 0. The third-order valence-corrected chi connectivity index (χ3v) is 39.1. The summed E-state index contributed by atoms with van der Waals surface area (Å²) in [5.41, 5.74) is 0.700. The van der Waals surface area contributed by atoms with Crippen LogP contribution < -0.4 is 10.4 Å². The van der Waals surface area contributed by atoms with Crippen molar-refractivity contribution in [2.24, 2.45) is 0 Å². The van der Waals surface area contributed by atoms with Gasteiger partial charge in [0, 0.05) is 0 Å². The minimum atomic E-state index is -2.88. The Hall–Kier alpha value is -0.299. The van der Waals surface area contributed by atoms with Gasteiger partial charge in [0.05, 0.1) is 9.04 Å². The molecule has 0 N–H and O–H groups in total. The fourth-order valence-corrected chi connectivity index (χ4v) is 29.2. The Kier molecular flexibility index (Phi) is 6.16. The van der Waals surface area contributed by atoms with Gasteiger partial charge in [0.25, 0.3) is 0 Å². The van der Waals surface area contributed by atoms with Crippen molar-refractivity contribution in [2.45, 2.75) is 13.8 Å². The SMILES string of the molecule is CC(C)=C[Si]([SiH2]c1ccccc1)(c1ccccc1)[Si](Cl)(Cl)Cl. The van der Waals surface area contributed by atoms with Crippen LogP contribution in [-0.2, 0) is 0 Å². The smallest absolute Gasteiger partial charge is 0.129 e. The van der Waals surface area contributed by atoms with E-state index in [1.54, 1.807) is 0 Å². The topological polar surface area (TPSA) is 0 Å².